The second-order valence-corrected chi connectivity index (χ2v) is 14.7. The van der Waals surface area contributed by atoms with Gasteiger partial charge in [-0.2, -0.15) is 0 Å². The largest absolute Gasteiger partial charge is 0.490 e. The molecule has 4 aliphatic rings. The zero-order valence-electron chi connectivity index (χ0n) is 23.5. The predicted molar refractivity (Wildman–Crippen MR) is 159 cm³/mol. The van der Waals surface area contributed by atoms with Gasteiger partial charge in [-0.3, -0.25) is 9.69 Å². The monoisotopic (exact) mass is 601 g/mol. The average molecular weight is 602 g/mol. The number of carbonyl (C=O) groups is 1. The SMILES string of the molecule is C[C@@H]1[C@@H](C)C/C=C(/F)CN2CC[C@H]2CN2C[C@@]3(CCCc4cc(Cl)ccc43)COc3ccc(cc32)C(=O)NS1(=O)=O. The Kier molecular flexibility index (Phi) is 7.57. The van der Waals surface area contributed by atoms with Crippen LogP contribution >= 0.6 is 11.6 Å². The quantitative estimate of drug-likeness (QED) is 0.446. The van der Waals surface area contributed by atoms with Crippen LogP contribution in [-0.2, 0) is 21.9 Å². The molecule has 3 aliphatic heterocycles. The van der Waals surface area contributed by atoms with E-state index in [4.69, 9.17) is 16.3 Å². The van der Waals surface area contributed by atoms with E-state index < -0.39 is 21.2 Å². The van der Waals surface area contributed by atoms with Gasteiger partial charge in [-0.25, -0.2) is 17.5 Å². The number of rotatable bonds is 0. The van der Waals surface area contributed by atoms with E-state index in [-0.39, 0.29) is 41.7 Å². The number of fused-ring (bicyclic) bond motifs is 4. The van der Waals surface area contributed by atoms with Crippen molar-refractivity contribution in [2.45, 2.75) is 62.7 Å². The highest BCUT2D eigenvalue weighted by Gasteiger charge is 2.43. The molecule has 0 unspecified atom stereocenters. The highest BCUT2D eigenvalue weighted by Crippen LogP contribution is 2.45. The molecule has 2 aromatic carbocycles. The van der Waals surface area contributed by atoms with Crippen LogP contribution in [0, 0.1) is 5.92 Å². The first kappa shape index (κ1) is 28.5. The minimum absolute atomic E-state index is 0.146. The van der Waals surface area contributed by atoms with Crippen LogP contribution in [0.2, 0.25) is 5.02 Å². The molecule has 4 atom stereocenters. The summed E-state index contributed by atoms with van der Waals surface area (Å²) in [5.41, 5.74) is 3.20. The van der Waals surface area contributed by atoms with E-state index in [1.165, 1.54) is 17.2 Å². The summed E-state index contributed by atoms with van der Waals surface area (Å²) in [5.74, 6) is -0.643. The molecular weight excluding hydrogens is 565 g/mol. The summed E-state index contributed by atoms with van der Waals surface area (Å²) >= 11 is 6.36. The van der Waals surface area contributed by atoms with E-state index in [0.29, 0.717) is 25.4 Å². The Labute approximate surface area is 246 Å². The molecule has 1 fully saturated rings. The minimum Gasteiger partial charge on any atom is -0.490 e. The normalized spacial score (nSPS) is 31.4. The molecule has 0 radical (unpaired) electrons. The number of halogens is 2. The molecule has 2 aromatic rings. The molecule has 0 saturated carbocycles. The van der Waals surface area contributed by atoms with Gasteiger partial charge in [0.25, 0.3) is 5.91 Å². The summed E-state index contributed by atoms with van der Waals surface area (Å²) in [5, 5.41) is -0.154. The predicted octanol–water partition coefficient (Wildman–Crippen LogP) is 5.23. The minimum atomic E-state index is -3.98. The van der Waals surface area contributed by atoms with Gasteiger partial charge in [0.05, 0.1) is 24.1 Å². The number of anilines is 1. The molecule has 2 bridgehead atoms. The van der Waals surface area contributed by atoms with Gasteiger partial charge in [-0.15, -0.1) is 0 Å². The summed E-state index contributed by atoms with van der Waals surface area (Å²) < 4.78 is 50.0. The van der Waals surface area contributed by atoms with E-state index in [9.17, 15) is 13.2 Å². The number of sulfonamides is 1. The van der Waals surface area contributed by atoms with Crippen molar-refractivity contribution in [1.82, 2.24) is 9.62 Å². The zero-order valence-corrected chi connectivity index (χ0v) is 25.1. The molecule has 10 heteroatoms. The lowest BCUT2D eigenvalue weighted by atomic mass is 9.70. The maximum Gasteiger partial charge on any atom is 0.264 e. The van der Waals surface area contributed by atoms with Gasteiger partial charge in [0.15, 0.2) is 0 Å². The van der Waals surface area contributed by atoms with Crippen molar-refractivity contribution in [3.05, 3.63) is 70.0 Å². The molecule has 0 aromatic heterocycles. The number of aryl methyl sites for hydroxylation is 1. The molecule has 1 N–H and O–H groups in total. The van der Waals surface area contributed by atoms with Crippen molar-refractivity contribution in [2.24, 2.45) is 5.92 Å². The van der Waals surface area contributed by atoms with E-state index in [1.807, 2.05) is 6.07 Å². The number of nitrogens with zero attached hydrogens (tertiary/aromatic N) is 2. The Morgan fingerprint density at radius 1 is 1.17 bits per heavy atom. The van der Waals surface area contributed by atoms with Crippen LogP contribution in [0.15, 0.2) is 48.3 Å². The van der Waals surface area contributed by atoms with Crippen molar-refractivity contribution in [1.29, 1.82) is 0 Å². The zero-order chi connectivity index (χ0) is 28.9. The number of nitrogens with one attached hydrogen (secondary N) is 1. The number of carbonyl (C=O) groups excluding carboxylic acids is 1. The molecule has 1 aliphatic carbocycles. The van der Waals surface area contributed by atoms with Crippen molar-refractivity contribution in [2.75, 3.05) is 37.7 Å². The number of hydrogen-bond donors (Lipinski definition) is 1. The van der Waals surface area contributed by atoms with Gasteiger partial charge in [-0.1, -0.05) is 30.7 Å². The lowest BCUT2D eigenvalue weighted by Gasteiger charge is -2.46. The second kappa shape index (κ2) is 10.9. The van der Waals surface area contributed by atoms with Crippen molar-refractivity contribution in [3.8, 4) is 5.75 Å². The van der Waals surface area contributed by atoms with Crippen LogP contribution in [0.25, 0.3) is 0 Å². The third-order valence-electron chi connectivity index (χ3n) is 9.59. The van der Waals surface area contributed by atoms with E-state index in [0.717, 1.165) is 42.9 Å². The van der Waals surface area contributed by atoms with Crippen LogP contribution in [0.5, 0.6) is 5.75 Å². The van der Waals surface area contributed by atoms with Gasteiger partial charge in [0, 0.05) is 41.7 Å². The number of allylic oxidation sites excluding steroid dienone is 1. The van der Waals surface area contributed by atoms with E-state index in [2.05, 4.69) is 26.7 Å². The molecule has 3 heterocycles. The first-order valence-electron chi connectivity index (χ1n) is 14.5. The summed E-state index contributed by atoms with van der Waals surface area (Å²) in [7, 11) is -3.98. The molecular formula is C31H37ClFN3O4S. The molecule has 6 rings (SSSR count). The van der Waals surface area contributed by atoms with Crippen LogP contribution in [0.3, 0.4) is 0 Å². The van der Waals surface area contributed by atoms with Gasteiger partial charge in [0.1, 0.15) is 11.6 Å². The second-order valence-electron chi connectivity index (χ2n) is 12.2. The number of amides is 1. The number of hydrogen-bond acceptors (Lipinski definition) is 6. The third kappa shape index (κ3) is 5.48. The fourth-order valence-electron chi connectivity index (χ4n) is 6.77. The molecule has 1 amide bonds. The summed E-state index contributed by atoms with van der Waals surface area (Å²) in [6.07, 6.45) is 5.63. The van der Waals surface area contributed by atoms with Gasteiger partial charge < -0.3 is 9.64 Å². The fourth-order valence-corrected chi connectivity index (χ4v) is 8.25. The highest BCUT2D eigenvalue weighted by molar-refractivity contribution is 7.90. The maximum absolute atomic E-state index is 15.0. The van der Waals surface area contributed by atoms with Crippen LogP contribution in [0.1, 0.15) is 61.0 Å². The van der Waals surface area contributed by atoms with Gasteiger partial charge >= 0.3 is 0 Å². The average Bonchev–Trinajstić information content (AvgIpc) is 3.08. The third-order valence-corrected chi connectivity index (χ3v) is 11.7. The van der Waals surface area contributed by atoms with Crippen LogP contribution < -0.4 is 14.4 Å². The van der Waals surface area contributed by atoms with Crippen molar-refractivity contribution >= 4 is 33.2 Å². The number of ether oxygens (including phenoxy) is 1. The highest BCUT2D eigenvalue weighted by atomic mass is 35.5. The van der Waals surface area contributed by atoms with Crippen LogP contribution in [0.4, 0.5) is 10.1 Å². The Bertz CT molecular complexity index is 1500. The van der Waals surface area contributed by atoms with Crippen molar-refractivity contribution in [3.63, 3.8) is 0 Å². The van der Waals surface area contributed by atoms with Crippen molar-refractivity contribution < 1.29 is 22.3 Å². The molecule has 1 saturated heterocycles. The maximum atomic E-state index is 15.0. The van der Waals surface area contributed by atoms with E-state index in [1.54, 1.807) is 32.0 Å². The first-order valence-corrected chi connectivity index (χ1v) is 16.4. The first-order chi connectivity index (χ1) is 19.5. The lowest BCUT2D eigenvalue weighted by Crippen LogP contribution is -2.56. The Morgan fingerprint density at radius 3 is 2.78 bits per heavy atom. The molecule has 7 nitrogen and oxygen atoms in total. The summed E-state index contributed by atoms with van der Waals surface area (Å²) in [4.78, 5) is 17.7. The Morgan fingerprint density at radius 2 is 2.00 bits per heavy atom. The smallest absolute Gasteiger partial charge is 0.264 e. The Hall–Kier alpha value is -2.62. The number of benzene rings is 2. The van der Waals surface area contributed by atoms with Crippen LogP contribution in [-0.4, -0.2) is 63.3 Å². The fraction of sp³-hybridized carbons (Fsp3) is 0.516. The molecule has 1 spiro atoms. The van der Waals surface area contributed by atoms with E-state index >= 15 is 4.39 Å². The van der Waals surface area contributed by atoms with Gasteiger partial charge in [-0.05, 0) is 86.4 Å². The summed E-state index contributed by atoms with van der Waals surface area (Å²) in [6, 6.07) is 11.4. The Balaban J connectivity index is 1.42. The van der Waals surface area contributed by atoms with Gasteiger partial charge in [0.2, 0.25) is 10.0 Å². The topological polar surface area (TPSA) is 79.0 Å². The summed E-state index contributed by atoms with van der Waals surface area (Å²) in [6.45, 7) is 6.12. The lowest BCUT2D eigenvalue weighted by molar-refractivity contribution is 0.0979. The standard InChI is InChI=1S/C31H37ClFN3O4S/c1-20-5-8-25(33)16-35-13-11-26(35)17-36-18-31(12-3-4-22-14-24(32)7-9-27(22)31)19-40-29-10-6-23(15-28(29)36)30(37)34-41(38,39)21(20)2/h6-10,14-15,20-21,26H,3-5,11-13,16-19H2,1-2H3,(H,34,37)/b25-8+/t20-,21+,26-,31-/m0/s1. The molecule has 220 valence electrons. The molecule has 41 heavy (non-hydrogen) atoms.